The smallest absolute Gasteiger partial charge is 0.316 e. The molecule has 0 saturated carbocycles. The number of carbonyl (C=O) groups excluding carboxylic acids is 1. The predicted octanol–water partition coefficient (Wildman–Crippen LogP) is 1.07. The number of anilines is 1. The zero-order chi connectivity index (χ0) is 11.3. The highest BCUT2D eigenvalue weighted by Crippen LogP contribution is 2.22. The summed E-state index contributed by atoms with van der Waals surface area (Å²) in [5.41, 5.74) is 6.12. The molecule has 15 heavy (non-hydrogen) atoms. The van der Waals surface area contributed by atoms with E-state index >= 15 is 0 Å². The molecule has 0 heterocycles. The van der Waals surface area contributed by atoms with Gasteiger partial charge in [0.2, 0.25) is 0 Å². The number of nitrogens with two attached hydrogens (primary N) is 1. The second-order valence-corrected chi connectivity index (χ2v) is 2.90. The Morgan fingerprint density at radius 2 is 2.33 bits per heavy atom. The van der Waals surface area contributed by atoms with Crippen LogP contribution < -0.4 is 15.8 Å². The largest absolute Gasteiger partial charge is 0.494 e. The molecule has 0 aliphatic rings. The molecule has 0 bridgehead atoms. The van der Waals surface area contributed by atoms with Gasteiger partial charge in [-0.25, -0.2) is 4.79 Å². The van der Waals surface area contributed by atoms with Gasteiger partial charge in [-0.1, -0.05) is 0 Å². The minimum absolute atomic E-state index is 0.149. The molecule has 0 atom stereocenters. The Hall–Kier alpha value is -1.75. The predicted molar refractivity (Wildman–Crippen MR) is 56.7 cm³/mol. The van der Waals surface area contributed by atoms with E-state index in [1.807, 2.05) is 6.92 Å². The van der Waals surface area contributed by atoms with Crippen LogP contribution in [0.1, 0.15) is 12.5 Å². The molecule has 82 valence electrons. The maximum absolute atomic E-state index is 10.6. The first kappa shape index (κ1) is 11.3. The van der Waals surface area contributed by atoms with Gasteiger partial charge in [0.1, 0.15) is 5.75 Å². The van der Waals surface area contributed by atoms with Crippen molar-refractivity contribution in [1.29, 1.82) is 0 Å². The highest BCUT2D eigenvalue weighted by atomic mass is 16.5. The molecule has 0 fully saturated rings. The average molecular weight is 210 g/mol. The summed E-state index contributed by atoms with van der Waals surface area (Å²) >= 11 is 0. The third-order valence-corrected chi connectivity index (χ3v) is 1.80. The summed E-state index contributed by atoms with van der Waals surface area (Å²) in [7, 11) is 0. The molecule has 1 rings (SSSR count). The van der Waals surface area contributed by atoms with E-state index in [0.29, 0.717) is 23.6 Å². The Labute approximate surface area is 87.9 Å². The van der Waals surface area contributed by atoms with Crippen LogP contribution in [0, 0.1) is 0 Å². The second kappa shape index (κ2) is 5.21. The number of amides is 2. The van der Waals surface area contributed by atoms with E-state index in [0.717, 1.165) is 0 Å². The van der Waals surface area contributed by atoms with Gasteiger partial charge in [0.15, 0.2) is 0 Å². The van der Waals surface area contributed by atoms with Crippen molar-refractivity contribution in [1.82, 2.24) is 0 Å². The lowest BCUT2D eigenvalue weighted by Gasteiger charge is -2.10. The van der Waals surface area contributed by atoms with E-state index in [-0.39, 0.29) is 6.61 Å². The van der Waals surface area contributed by atoms with E-state index in [9.17, 15) is 4.79 Å². The van der Waals surface area contributed by atoms with Crippen molar-refractivity contribution in [2.75, 3.05) is 11.9 Å². The maximum Gasteiger partial charge on any atom is 0.316 e. The minimum atomic E-state index is -0.636. The van der Waals surface area contributed by atoms with Gasteiger partial charge in [0, 0.05) is 11.3 Å². The summed E-state index contributed by atoms with van der Waals surface area (Å²) in [6.07, 6.45) is 0. The number of hydrogen-bond acceptors (Lipinski definition) is 3. The van der Waals surface area contributed by atoms with Crippen LogP contribution in [0.5, 0.6) is 5.75 Å². The average Bonchev–Trinajstić information content (AvgIpc) is 2.20. The quantitative estimate of drug-likeness (QED) is 0.694. The Morgan fingerprint density at radius 3 is 2.87 bits per heavy atom. The summed E-state index contributed by atoms with van der Waals surface area (Å²) in [5.74, 6) is 0.607. The van der Waals surface area contributed by atoms with E-state index in [4.69, 9.17) is 15.6 Å². The third-order valence-electron chi connectivity index (χ3n) is 1.80. The van der Waals surface area contributed by atoms with Crippen molar-refractivity contribution in [2.24, 2.45) is 5.73 Å². The number of aliphatic hydroxyl groups is 1. The first-order chi connectivity index (χ1) is 7.17. The topological polar surface area (TPSA) is 84.6 Å². The number of aliphatic hydroxyl groups excluding tert-OH is 1. The highest BCUT2D eigenvalue weighted by Gasteiger charge is 2.04. The molecule has 0 aliphatic heterocycles. The summed E-state index contributed by atoms with van der Waals surface area (Å²) in [6, 6.07) is 4.33. The molecule has 1 aromatic carbocycles. The monoisotopic (exact) mass is 210 g/mol. The van der Waals surface area contributed by atoms with E-state index in [1.165, 1.54) is 0 Å². The zero-order valence-corrected chi connectivity index (χ0v) is 8.49. The van der Waals surface area contributed by atoms with Gasteiger partial charge in [0.05, 0.1) is 13.2 Å². The van der Waals surface area contributed by atoms with Crippen LogP contribution >= 0.6 is 0 Å². The van der Waals surface area contributed by atoms with Crippen molar-refractivity contribution in [2.45, 2.75) is 13.5 Å². The molecule has 4 N–H and O–H groups in total. The minimum Gasteiger partial charge on any atom is -0.494 e. The lowest BCUT2D eigenvalue weighted by molar-refractivity contribution is 0.259. The number of nitrogens with one attached hydrogen (secondary N) is 1. The Balaban J connectivity index is 2.91. The summed E-state index contributed by atoms with van der Waals surface area (Å²) in [6.45, 7) is 2.23. The van der Waals surface area contributed by atoms with Gasteiger partial charge in [-0.15, -0.1) is 0 Å². The van der Waals surface area contributed by atoms with Gasteiger partial charge >= 0.3 is 6.03 Å². The molecule has 5 heteroatoms. The maximum atomic E-state index is 10.6. The molecule has 1 aromatic rings. The molecule has 0 aliphatic carbocycles. The standard InChI is InChI=1S/C10H14N2O3/c1-2-15-9-4-3-8(12-10(11)14)5-7(9)6-13/h3-5,13H,2,6H2,1H3,(H3,11,12,14). The van der Waals surface area contributed by atoms with Crippen LogP contribution in [0.25, 0.3) is 0 Å². The van der Waals surface area contributed by atoms with Crippen LogP contribution in [0.2, 0.25) is 0 Å². The number of urea groups is 1. The summed E-state index contributed by atoms with van der Waals surface area (Å²) in [4.78, 5) is 10.6. The van der Waals surface area contributed by atoms with Gasteiger partial charge in [-0.2, -0.15) is 0 Å². The summed E-state index contributed by atoms with van der Waals surface area (Å²) in [5, 5.41) is 11.5. The number of benzene rings is 1. The molecule has 0 spiro atoms. The fourth-order valence-electron chi connectivity index (χ4n) is 1.22. The van der Waals surface area contributed by atoms with Crippen LogP contribution in [0.4, 0.5) is 10.5 Å². The summed E-state index contributed by atoms with van der Waals surface area (Å²) < 4.78 is 5.28. The normalized spacial score (nSPS) is 9.73. The lowest BCUT2D eigenvalue weighted by Crippen LogP contribution is -2.19. The fourth-order valence-corrected chi connectivity index (χ4v) is 1.22. The van der Waals surface area contributed by atoms with E-state index < -0.39 is 6.03 Å². The molecular formula is C10H14N2O3. The molecular weight excluding hydrogens is 196 g/mol. The lowest BCUT2D eigenvalue weighted by atomic mass is 10.2. The number of carbonyl (C=O) groups is 1. The number of primary amides is 1. The van der Waals surface area contributed by atoms with Crippen molar-refractivity contribution < 1.29 is 14.6 Å². The van der Waals surface area contributed by atoms with Crippen molar-refractivity contribution in [3.05, 3.63) is 23.8 Å². The number of hydrogen-bond donors (Lipinski definition) is 3. The first-order valence-electron chi connectivity index (χ1n) is 4.60. The molecule has 0 saturated heterocycles. The van der Waals surface area contributed by atoms with E-state index in [2.05, 4.69) is 5.32 Å². The molecule has 2 amide bonds. The van der Waals surface area contributed by atoms with Gasteiger partial charge in [-0.3, -0.25) is 0 Å². The number of rotatable bonds is 4. The Kier molecular flexibility index (Phi) is 3.93. The highest BCUT2D eigenvalue weighted by molar-refractivity contribution is 5.87. The van der Waals surface area contributed by atoms with Crippen molar-refractivity contribution in [3.63, 3.8) is 0 Å². The molecule has 0 radical (unpaired) electrons. The van der Waals surface area contributed by atoms with Gasteiger partial charge in [0.25, 0.3) is 0 Å². The van der Waals surface area contributed by atoms with Crippen LogP contribution in [-0.2, 0) is 6.61 Å². The van der Waals surface area contributed by atoms with Gasteiger partial charge in [-0.05, 0) is 25.1 Å². The third kappa shape index (κ3) is 3.14. The molecule has 5 nitrogen and oxygen atoms in total. The SMILES string of the molecule is CCOc1ccc(NC(N)=O)cc1CO. The fraction of sp³-hybridized carbons (Fsp3) is 0.300. The van der Waals surface area contributed by atoms with Crippen LogP contribution in [0.15, 0.2) is 18.2 Å². The van der Waals surface area contributed by atoms with E-state index in [1.54, 1.807) is 18.2 Å². The molecule has 0 aromatic heterocycles. The first-order valence-corrected chi connectivity index (χ1v) is 4.60. The van der Waals surface area contributed by atoms with Gasteiger partial charge < -0.3 is 20.9 Å². The van der Waals surface area contributed by atoms with Crippen molar-refractivity contribution in [3.8, 4) is 5.75 Å². The molecule has 0 unspecified atom stereocenters. The Morgan fingerprint density at radius 1 is 1.60 bits per heavy atom. The van der Waals surface area contributed by atoms with Crippen molar-refractivity contribution >= 4 is 11.7 Å². The van der Waals surface area contributed by atoms with Crippen LogP contribution in [-0.4, -0.2) is 17.7 Å². The number of ether oxygens (including phenoxy) is 1. The Bertz CT molecular complexity index is 353. The van der Waals surface area contributed by atoms with Crippen LogP contribution in [0.3, 0.4) is 0 Å². The zero-order valence-electron chi connectivity index (χ0n) is 8.49. The second-order valence-electron chi connectivity index (χ2n) is 2.90.